The molecule has 0 aliphatic heterocycles. The van der Waals surface area contributed by atoms with E-state index in [1.807, 2.05) is 0 Å². The highest BCUT2D eigenvalue weighted by atomic mass is 32.2. The summed E-state index contributed by atoms with van der Waals surface area (Å²) in [6.07, 6.45) is 1.53. The van der Waals surface area contributed by atoms with Gasteiger partial charge in [0.05, 0.1) is 5.25 Å². The first-order valence-electron chi connectivity index (χ1n) is 9.13. The lowest BCUT2D eigenvalue weighted by atomic mass is 10.2. The summed E-state index contributed by atoms with van der Waals surface area (Å²) >= 11 is 0. The third kappa shape index (κ3) is 4.88. The van der Waals surface area contributed by atoms with Crippen LogP contribution in [0.2, 0.25) is 0 Å². The lowest BCUT2D eigenvalue weighted by Crippen LogP contribution is -2.18. The summed E-state index contributed by atoms with van der Waals surface area (Å²) in [5.74, 6) is -0.316. The Morgan fingerprint density at radius 1 is 1.13 bits per heavy atom. The maximum Gasteiger partial charge on any atom is 0.325 e. The molecule has 0 unspecified atom stereocenters. The molecule has 0 bridgehead atoms. The average molecular weight is 432 g/mol. The molecule has 3 aromatic rings. The molecule has 8 nitrogen and oxygen atoms in total. The third-order valence-electron chi connectivity index (χ3n) is 4.39. The predicted molar refractivity (Wildman–Crippen MR) is 109 cm³/mol. The number of rotatable bonds is 6. The average Bonchev–Trinajstić information content (AvgIpc) is 2.65. The Kier molecular flexibility index (Phi) is 5.97. The van der Waals surface area contributed by atoms with Crippen LogP contribution in [0.3, 0.4) is 0 Å². The molecular weight excluding hydrogens is 411 g/mol. The fourth-order valence-corrected chi connectivity index (χ4v) is 3.36. The van der Waals surface area contributed by atoms with Crippen LogP contribution >= 0.6 is 0 Å². The molecule has 2 aromatic heterocycles. The van der Waals surface area contributed by atoms with Crippen molar-refractivity contribution in [3.63, 3.8) is 0 Å². The summed E-state index contributed by atoms with van der Waals surface area (Å²) in [5.41, 5.74) is 0.799. The van der Waals surface area contributed by atoms with Crippen molar-refractivity contribution < 1.29 is 17.5 Å². The zero-order valence-corrected chi connectivity index (χ0v) is 17.8. The van der Waals surface area contributed by atoms with Gasteiger partial charge in [0.1, 0.15) is 17.3 Å². The van der Waals surface area contributed by atoms with Crippen LogP contribution in [-0.4, -0.2) is 33.2 Å². The Hall–Kier alpha value is -3.14. The van der Waals surface area contributed by atoms with Crippen LogP contribution in [-0.2, 0) is 22.6 Å². The fraction of sp³-hybridized carbons (Fsp3) is 0.300. The second-order valence-corrected chi connectivity index (χ2v) is 9.65. The molecule has 1 aromatic carbocycles. The topological polar surface area (TPSA) is 104 Å². The van der Waals surface area contributed by atoms with Crippen LogP contribution in [0.5, 0.6) is 11.8 Å². The summed E-state index contributed by atoms with van der Waals surface area (Å²) in [6.45, 7) is 4.81. The molecule has 3 rings (SSSR count). The second-order valence-electron chi connectivity index (χ2n) is 7.09. The number of benzene rings is 1. The van der Waals surface area contributed by atoms with Gasteiger partial charge in [-0.05, 0) is 50.6 Å². The molecule has 0 N–H and O–H groups in total. The van der Waals surface area contributed by atoms with Gasteiger partial charge in [0.15, 0.2) is 21.5 Å². The third-order valence-corrected chi connectivity index (χ3v) is 6.49. The second kappa shape index (κ2) is 8.31. The summed E-state index contributed by atoms with van der Waals surface area (Å²) in [7, 11) is -1.90. The van der Waals surface area contributed by atoms with Crippen LogP contribution < -0.4 is 10.3 Å². The molecular formula is C20H21FN4O4S. The van der Waals surface area contributed by atoms with Crippen molar-refractivity contribution in [3.05, 3.63) is 64.1 Å². The molecule has 158 valence electrons. The van der Waals surface area contributed by atoms with Crippen molar-refractivity contribution >= 4 is 9.84 Å². The van der Waals surface area contributed by atoms with Gasteiger partial charge in [-0.25, -0.2) is 17.8 Å². The lowest BCUT2D eigenvalue weighted by Gasteiger charge is -2.11. The van der Waals surface area contributed by atoms with E-state index in [1.54, 1.807) is 27.8 Å². The van der Waals surface area contributed by atoms with E-state index in [1.165, 1.54) is 41.1 Å². The van der Waals surface area contributed by atoms with Crippen LogP contribution in [0.1, 0.15) is 25.2 Å². The van der Waals surface area contributed by atoms with Gasteiger partial charge in [-0.3, -0.25) is 4.79 Å². The molecule has 0 saturated heterocycles. The van der Waals surface area contributed by atoms with Crippen molar-refractivity contribution in [1.29, 1.82) is 0 Å². The van der Waals surface area contributed by atoms with E-state index < -0.39 is 26.7 Å². The van der Waals surface area contributed by atoms with E-state index in [4.69, 9.17) is 4.74 Å². The van der Waals surface area contributed by atoms with Gasteiger partial charge in [0, 0.05) is 24.9 Å². The number of halogens is 1. The molecule has 30 heavy (non-hydrogen) atoms. The summed E-state index contributed by atoms with van der Waals surface area (Å²) in [6, 6.07) is 6.73. The van der Waals surface area contributed by atoms with Gasteiger partial charge in [-0.1, -0.05) is 0 Å². The van der Waals surface area contributed by atoms with Gasteiger partial charge < -0.3 is 9.30 Å². The molecule has 0 spiro atoms. The van der Waals surface area contributed by atoms with Crippen LogP contribution in [0.4, 0.5) is 4.39 Å². The Labute approximate surface area is 173 Å². The number of pyridine rings is 1. The maximum atomic E-state index is 13.4. The van der Waals surface area contributed by atoms with E-state index in [2.05, 4.69) is 15.0 Å². The van der Waals surface area contributed by atoms with Crippen molar-refractivity contribution in [2.24, 2.45) is 7.05 Å². The van der Waals surface area contributed by atoms with Crippen molar-refractivity contribution in [2.75, 3.05) is 0 Å². The molecule has 0 radical (unpaired) electrons. The molecule has 0 fully saturated rings. The highest BCUT2D eigenvalue weighted by Gasteiger charge is 2.21. The normalized spacial score (nSPS) is 11.7. The van der Waals surface area contributed by atoms with Gasteiger partial charge >= 0.3 is 6.01 Å². The van der Waals surface area contributed by atoms with E-state index >= 15 is 0 Å². The van der Waals surface area contributed by atoms with E-state index in [-0.39, 0.29) is 23.2 Å². The molecule has 10 heteroatoms. The quantitative estimate of drug-likeness (QED) is 0.590. The van der Waals surface area contributed by atoms with Gasteiger partial charge in [0.25, 0.3) is 0 Å². The van der Waals surface area contributed by atoms with Crippen molar-refractivity contribution in [3.8, 4) is 23.1 Å². The Bertz CT molecular complexity index is 1260. The van der Waals surface area contributed by atoms with Gasteiger partial charge in [-0.2, -0.15) is 9.97 Å². The summed E-state index contributed by atoms with van der Waals surface area (Å²) < 4.78 is 45.2. The fourth-order valence-electron chi connectivity index (χ4n) is 2.54. The van der Waals surface area contributed by atoms with Crippen LogP contribution in [0, 0.1) is 12.7 Å². The summed E-state index contributed by atoms with van der Waals surface area (Å²) in [5, 5.41) is -0.612. The SMILES string of the molecule is Cc1cc(F)ccc1Oc1nc(CS(=O)(=O)C(C)C)nc(-c2ccc(=O)n(C)c2)n1. The maximum absolute atomic E-state index is 13.4. The standard InChI is InChI=1S/C20H21FN4O4S/c1-12(2)30(27,28)11-17-22-19(14-5-8-18(26)25(4)10-14)24-20(23-17)29-16-7-6-15(21)9-13(16)3/h5-10,12H,11H2,1-4H3. The van der Waals surface area contributed by atoms with E-state index in [9.17, 15) is 17.6 Å². The highest BCUT2D eigenvalue weighted by Crippen LogP contribution is 2.25. The number of sulfone groups is 1. The zero-order valence-electron chi connectivity index (χ0n) is 17.0. The van der Waals surface area contributed by atoms with Crippen molar-refractivity contribution in [2.45, 2.75) is 31.8 Å². The van der Waals surface area contributed by atoms with Gasteiger partial charge in [0.2, 0.25) is 5.56 Å². The van der Waals surface area contributed by atoms with Crippen LogP contribution in [0.25, 0.3) is 11.4 Å². The minimum Gasteiger partial charge on any atom is -0.424 e. The first-order valence-corrected chi connectivity index (χ1v) is 10.8. The molecule has 0 atom stereocenters. The molecule has 0 aliphatic carbocycles. The number of hydrogen-bond acceptors (Lipinski definition) is 7. The number of nitrogens with zero attached hydrogens (tertiary/aromatic N) is 4. The molecule has 0 amide bonds. The number of hydrogen-bond donors (Lipinski definition) is 0. The first-order chi connectivity index (χ1) is 14.0. The first kappa shape index (κ1) is 21.6. The Morgan fingerprint density at radius 2 is 1.87 bits per heavy atom. The van der Waals surface area contributed by atoms with Gasteiger partial charge in [-0.15, -0.1) is 0 Å². The minimum atomic E-state index is -3.48. The smallest absolute Gasteiger partial charge is 0.325 e. The minimum absolute atomic E-state index is 0.0114. The van der Waals surface area contributed by atoms with E-state index in [0.717, 1.165) is 0 Å². The number of aromatic nitrogens is 4. The molecule has 2 heterocycles. The molecule has 0 aliphatic rings. The number of aryl methyl sites for hydroxylation is 2. The summed E-state index contributed by atoms with van der Waals surface area (Å²) in [4.78, 5) is 24.3. The number of ether oxygens (including phenoxy) is 1. The zero-order chi connectivity index (χ0) is 22.1. The molecule has 0 saturated carbocycles. The monoisotopic (exact) mass is 432 g/mol. The van der Waals surface area contributed by atoms with Crippen molar-refractivity contribution in [1.82, 2.24) is 19.5 Å². The van der Waals surface area contributed by atoms with E-state index in [0.29, 0.717) is 16.9 Å². The Balaban J connectivity index is 2.09. The largest absolute Gasteiger partial charge is 0.424 e. The van der Waals surface area contributed by atoms with Crippen LogP contribution in [0.15, 0.2) is 41.3 Å². The lowest BCUT2D eigenvalue weighted by molar-refractivity contribution is 0.433. The highest BCUT2D eigenvalue weighted by molar-refractivity contribution is 7.91. The Morgan fingerprint density at radius 3 is 2.50 bits per heavy atom. The predicted octanol–water partition coefficient (Wildman–Crippen LogP) is 2.80.